The van der Waals surface area contributed by atoms with Gasteiger partial charge in [-0.05, 0) is 32.6 Å². The molecule has 0 heterocycles. The highest BCUT2D eigenvalue weighted by Crippen LogP contribution is 2.31. The molecule has 0 atom stereocenters. The van der Waals surface area contributed by atoms with E-state index in [1.54, 1.807) is 0 Å². The number of aliphatic imine (C=N–C) groups is 1. The molecular weight excluding hydrogens is 341 g/mol. The average Bonchev–Trinajstić information content (AvgIpc) is 2.29. The van der Waals surface area contributed by atoms with Crippen molar-refractivity contribution < 1.29 is 5.11 Å². The quantitative estimate of drug-likeness (QED) is 0.429. The highest BCUT2D eigenvalue weighted by atomic mass is 127. The van der Waals surface area contributed by atoms with Crippen LogP contribution in [0.4, 0.5) is 0 Å². The number of guanidine groups is 1. The third-order valence-electron chi connectivity index (χ3n) is 3.35. The summed E-state index contributed by atoms with van der Waals surface area (Å²) in [5.41, 5.74) is -0.522. The number of unbranched alkanes of at least 4 members (excludes halogenated alkanes) is 1. The van der Waals surface area contributed by atoms with Crippen molar-refractivity contribution in [2.45, 2.75) is 51.6 Å². The van der Waals surface area contributed by atoms with Gasteiger partial charge < -0.3 is 15.3 Å². The van der Waals surface area contributed by atoms with Crippen molar-refractivity contribution in [3.63, 3.8) is 0 Å². The van der Waals surface area contributed by atoms with Gasteiger partial charge in [0.15, 0.2) is 5.96 Å². The predicted octanol–water partition coefficient (Wildman–Crippen LogP) is 2.22. The van der Waals surface area contributed by atoms with Crippen LogP contribution in [-0.4, -0.2) is 48.2 Å². The van der Waals surface area contributed by atoms with Gasteiger partial charge in [0.25, 0.3) is 0 Å². The maximum Gasteiger partial charge on any atom is 0.193 e. The van der Waals surface area contributed by atoms with E-state index in [1.165, 1.54) is 12.8 Å². The summed E-state index contributed by atoms with van der Waals surface area (Å²) < 4.78 is 0. The van der Waals surface area contributed by atoms with Crippen LogP contribution in [0.15, 0.2) is 4.99 Å². The Labute approximate surface area is 128 Å². The lowest BCUT2D eigenvalue weighted by molar-refractivity contribution is -0.0237. The van der Waals surface area contributed by atoms with E-state index < -0.39 is 5.60 Å². The zero-order valence-corrected chi connectivity index (χ0v) is 14.2. The van der Waals surface area contributed by atoms with Gasteiger partial charge in [0.2, 0.25) is 0 Å². The molecule has 5 heteroatoms. The van der Waals surface area contributed by atoms with E-state index in [2.05, 4.69) is 36.1 Å². The van der Waals surface area contributed by atoms with Crippen molar-refractivity contribution in [1.82, 2.24) is 10.2 Å². The summed E-state index contributed by atoms with van der Waals surface area (Å²) in [5.74, 6) is 0.918. The number of nitrogens with zero attached hydrogens (tertiary/aromatic N) is 2. The third kappa shape index (κ3) is 5.73. The second-order valence-electron chi connectivity index (χ2n) is 5.02. The number of halogens is 1. The Bertz CT molecular complexity index is 255. The van der Waals surface area contributed by atoms with E-state index in [4.69, 9.17) is 0 Å². The molecule has 0 aromatic heterocycles. The maximum absolute atomic E-state index is 10.0. The first kappa shape index (κ1) is 18.0. The fourth-order valence-corrected chi connectivity index (χ4v) is 1.94. The largest absolute Gasteiger partial charge is 0.388 e. The lowest BCUT2D eigenvalue weighted by Crippen LogP contribution is -2.44. The van der Waals surface area contributed by atoms with Gasteiger partial charge in [0.1, 0.15) is 0 Å². The topological polar surface area (TPSA) is 47.9 Å². The molecule has 1 aliphatic rings. The molecule has 1 fully saturated rings. The Morgan fingerprint density at radius 3 is 2.50 bits per heavy atom. The van der Waals surface area contributed by atoms with Crippen LogP contribution < -0.4 is 5.32 Å². The van der Waals surface area contributed by atoms with Crippen LogP contribution in [-0.2, 0) is 0 Å². The van der Waals surface area contributed by atoms with Crippen molar-refractivity contribution in [3.8, 4) is 0 Å². The van der Waals surface area contributed by atoms with E-state index in [0.29, 0.717) is 6.54 Å². The van der Waals surface area contributed by atoms with Crippen molar-refractivity contribution in [3.05, 3.63) is 0 Å². The number of hydrogen-bond donors (Lipinski definition) is 2. The summed E-state index contributed by atoms with van der Waals surface area (Å²) in [6, 6.07) is 0. The SMILES string of the molecule is CCCCN(C)C(=NCC1(O)CCC1)NCC.I. The van der Waals surface area contributed by atoms with E-state index in [0.717, 1.165) is 38.3 Å². The minimum atomic E-state index is -0.522. The maximum atomic E-state index is 10.0. The van der Waals surface area contributed by atoms with E-state index in [1.807, 2.05) is 0 Å². The highest BCUT2D eigenvalue weighted by Gasteiger charge is 2.34. The second kappa shape index (κ2) is 8.96. The number of nitrogens with one attached hydrogen (secondary N) is 1. The summed E-state index contributed by atoms with van der Waals surface area (Å²) in [6.07, 6.45) is 5.29. The molecule has 1 saturated carbocycles. The van der Waals surface area contributed by atoms with Crippen LogP contribution in [0.5, 0.6) is 0 Å². The Kier molecular flexibility index (Phi) is 8.94. The molecule has 1 aliphatic carbocycles. The minimum Gasteiger partial charge on any atom is -0.388 e. The van der Waals surface area contributed by atoms with Crippen LogP contribution in [0.2, 0.25) is 0 Å². The zero-order chi connectivity index (χ0) is 12.7. The third-order valence-corrected chi connectivity index (χ3v) is 3.35. The molecule has 0 aromatic rings. The van der Waals surface area contributed by atoms with E-state index in [9.17, 15) is 5.11 Å². The first-order valence-corrected chi connectivity index (χ1v) is 6.83. The molecule has 0 saturated heterocycles. The predicted molar refractivity (Wildman–Crippen MR) is 87.7 cm³/mol. The lowest BCUT2D eigenvalue weighted by Gasteiger charge is -2.35. The van der Waals surface area contributed by atoms with Crippen LogP contribution >= 0.6 is 24.0 Å². The molecule has 0 aromatic carbocycles. The van der Waals surface area contributed by atoms with Crippen LogP contribution in [0.1, 0.15) is 46.0 Å². The highest BCUT2D eigenvalue weighted by molar-refractivity contribution is 14.0. The molecule has 0 radical (unpaired) electrons. The van der Waals surface area contributed by atoms with Crippen molar-refractivity contribution in [1.29, 1.82) is 0 Å². The Balaban J connectivity index is 0.00000289. The van der Waals surface area contributed by atoms with Crippen LogP contribution in [0, 0.1) is 0 Å². The Morgan fingerprint density at radius 1 is 1.39 bits per heavy atom. The van der Waals surface area contributed by atoms with Gasteiger partial charge in [-0.25, -0.2) is 0 Å². The van der Waals surface area contributed by atoms with Crippen molar-refractivity contribution in [2.24, 2.45) is 4.99 Å². The molecule has 0 bridgehead atoms. The lowest BCUT2D eigenvalue weighted by atomic mass is 9.80. The fourth-order valence-electron chi connectivity index (χ4n) is 1.94. The Hall–Kier alpha value is -0.0400. The normalized spacial score (nSPS) is 17.7. The molecule has 0 spiro atoms. The molecule has 1 rings (SSSR count). The molecular formula is C13H28IN3O. The van der Waals surface area contributed by atoms with Gasteiger partial charge in [0, 0.05) is 20.1 Å². The summed E-state index contributed by atoms with van der Waals surface area (Å²) in [7, 11) is 2.06. The molecule has 0 unspecified atom stereocenters. The van der Waals surface area contributed by atoms with E-state index in [-0.39, 0.29) is 24.0 Å². The number of rotatable bonds is 6. The smallest absolute Gasteiger partial charge is 0.193 e. The summed E-state index contributed by atoms with van der Waals surface area (Å²) >= 11 is 0. The van der Waals surface area contributed by atoms with Gasteiger partial charge in [-0.3, -0.25) is 4.99 Å². The van der Waals surface area contributed by atoms with Gasteiger partial charge in [0.05, 0.1) is 12.1 Å². The molecule has 108 valence electrons. The van der Waals surface area contributed by atoms with Crippen molar-refractivity contribution >= 4 is 29.9 Å². The summed E-state index contributed by atoms with van der Waals surface area (Å²) in [5, 5.41) is 13.3. The average molecular weight is 369 g/mol. The van der Waals surface area contributed by atoms with Crippen molar-refractivity contribution in [2.75, 3.05) is 26.7 Å². The van der Waals surface area contributed by atoms with Gasteiger partial charge in [-0.1, -0.05) is 13.3 Å². The first-order valence-electron chi connectivity index (χ1n) is 6.83. The van der Waals surface area contributed by atoms with Crippen LogP contribution in [0.3, 0.4) is 0 Å². The number of aliphatic hydroxyl groups is 1. The molecule has 0 amide bonds. The minimum absolute atomic E-state index is 0. The summed E-state index contributed by atoms with van der Waals surface area (Å²) in [6.45, 7) is 6.68. The van der Waals surface area contributed by atoms with Gasteiger partial charge in [-0.15, -0.1) is 24.0 Å². The molecule has 2 N–H and O–H groups in total. The standard InChI is InChI=1S/C13H27N3O.HI/c1-4-6-10-16(3)12(14-5-2)15-11-13(17)8-7-9-13;/h17H,4-11H2,1-3H3,(H,14,15);1H. The Morgan fingerprint density at radius 2 is 2.06 bits per heavy atom. The van der Waals surface area contributed by atoms with Gasteiger partial charge in [-0.2, -0.15) is 0 Å². The molecule has 18 heavy (non-hydrogen) atoms. The van der Waals surface area contributed by atoms with Gasteiger partial charge >= 0.3 is 0 Å². The fraction of sp³-hybridized carbons (Fsp3) is 0.923. The first-order chi connectivity index (χ1) is 8.11. The summed E-state index contributed by atoms with van der Waals surface area (Å²) in [4.78, 5) is 6.69. The monoisotopic (exact) mass is 369 g/mol. The van der Waals surface area contributed by atoms with E-state index >= 15 is 0 Å². The molecule has 4 nitrogen and oxygen atoms in total. The van der Waals surface area contributed by atoms with Crippen LogP contribution in [0.25, 0.3) is 0 Å². The zero-order valence-electron chi connectivity index (χ0n) is 11.9. The second-order valence-corrected chi connectivity index (χ2v) is 5.02. The number of hydrogen-bond acceptors (Lipinski definition) is 2. The molecule has 0 aliphatic heterocycles.